The number of rotatable bonds is 6. The quantitative estimate of drug-likeness (QED) is 0.790. The number of amides is 1. The van der Waals surface area contributed by atoms with Crippen LogP contribution in [0.2, 0.25) is 0 Å². The third-order valence-electron chi connectivity index (χ3n) is 3.86. The van der Waals surface area contributed by atoms with Crippen LogP contribution in [-0.2, 0) is 14.3 Å². The van der Waals surface area contributed by atoms with Crippen molar-refractivity contribution in [1.82, 2.24) is 5.32 Å². The highest BCUT2D eigenvalue weighted by Crippen LogP contribution is 2.26. The lowest BCUT2D eigenvalue weighted by Crippen LogP contribution is -2.44. The topological polar surface area (TPSA) is 55.4 Å². The Morgan fingerprint density at radius 3 is 2.67 bits per heavy atom. The molecule has 4 heteroatoms. The summed E-state index contributed by atoms with van der Waals surface area (Å²) in [7, 11) is 0. The molecule has 1 saturated heterocycles. The van der Waals surface area contributed by atoms with E-state index in [0.717, 1.165) is 19.3 Å². The Balaban J connectivity index is 2.42. The van der Waals surface area contributed by atoms with Crippen molar-refractivity contribution in [3.63, 3.8) is 0 Å². The second kappa shape index (κ2) is 6.32. The number of ether oxygens (including phenoxy) is 1. The van der Waals surface area contributed by atoms with Gasteiger partial charge in [-0.3, -0.25) is 9.59 Å². The summed E-state index contributed by atoms with van der Waals surface area (Å²) in [6.45, 7) is 8.52. The van der Waals surface area contributed by atoms with E-state index in [1.54, 1.807) is 0 Å². The van der Waals surface area contributed by atoms with E-state index >= 15 is 0 Å². The Bertz CT molecular complexity index is 312. The number of nitrogens with one attached hydrogen (secondary N) is 1. The highest BCUT2D eigenvalue weighted by atomic mass is 16.5. The standard InChI is InChI=1S/C14H25NO3/c1-5-11-13(10(16)9-18-11)15-12(17)7-8-14(3,4)6-2/h11,13H,5-9H2,1-4H3,(H,15,17). The molecule has 0 aromatic rings. The average molecular weight is 255 g/mol. The molecule has 0 aromatic heterocycles. The first kappa shape index (κ1) is 15.2. The molecule has 1 fully saturated rings. The van der Waals surface area contributed by atoms with Gasteiger partial charge in [0, 0.05) is 6.42 Å². The van der Waals surface area contributed by atoms with Crippen LogP contribution in [0.1, 0.15) is 53.4 Å². The third-order valence-corrected chi connectivity index (χ3v) is 3.86. The van der Waals surface area contributed by atoms with Crippen LogP contribution in [-0.4, -0.2) is 30.4 Å². The summed E-state index contributed by atoms with van der Waals surface area (Å²) in [5, 5.41) is 2.81. The summed E-state index contributed by atoms with van der Waals surface area (Å²) < 4.78 is 5.33. The molecule has 2 atom stereocenters. The largest absolute Gasteiger partial charge is 0.368 e. The Kier molecular flexibility index (Phi) is 5.32. The predicted molar refractivity (Wildman–Crippen MR) is 70.3 cm³/mol. The zero-order valence-electron chi connectivity index (χ0n) is 11.9. The minimum atomic E-state index is -0.438. The van der Waals surface area contributed by atoms with Gasteiger partial charge < -0.3 is 10.1 Å². The number of hydrogen-bond donors (Lipinski definition) is 1. The Morgan fingerprint density at radius 2 is 2.11 bits per heavy atom. The first-order chi connectivity index (χ1) is 8.39. The summed E-state index contributed by atoms with van der Waals surface area (Å²) in [6.07, 6.45) is 2.95. The van der Waals surface area contributed by atoms with Crippen molar-refractivity contribution in [2.45, 2.75) is 65.5 Å². The van der Waals surface area contributed by atoms with E-state index in [9.17, 15) is 9.59 Å². The van der Waals surface area contributed by atoms with Gasteiger partial charge in [0.15, 0.2) is 5.78 Å². The van der Waals surface area contributed by atoms with Gasteiger partial charge in [-0.15, -0.1) is 0 Å². The van der Waals surface area contributed by atoms with Crippen LogP contribution in [0.4, 0.5) is 0 Å². The van der Waals surface area contributed by atoms with Crippen LogP contribution in [0.15, 0.2) is 0 Å². The Morgan fingerprint density at radius 1 is 1.44 bits per heavy atom. The second-order valence-corrected chi connectivity index (χ2v) is 5.79. The van der Waals surface area contributed by atoms with Gasteiger partial charge >= 0.3 is 0 Å². The van der Waals surface area contributed by atoms with Crippen molar-refractivity contribution in [3.05, 3.63) is 0 Å². The summed E-state index contributed by atoms with van der Waals surface area (Å²) in [5.41, 5.74) is 0.178. The molecule has 1 aliphatic rings. The highest BCUT2D eigenvalue weighted by Gasteiger charge is 2.35. The molecular weight excluding hydrogens is 230 g/mol. The monoisotopic (exact) mass is 255 g/mol. The number of hydrogen-bond acceptors (Lipinski definition) is 3. The zero-order chi connectivity index (χ0) is 13.8. The Labute approximate surface area is 109 Å². The van der Waals surface area contributed by atoms with Crippen LogP contribution in [0.3, 0.4) is 0 Å². The molecule has 1 aliphatic heterocycles. The molecule has 0 spiro atoms. The van der Waals surface area contributed by atoms with E-state index < -0.39 is 6.04 Å². The maximum absolute atomic E-state index is 11.8. The molecule has 0 radical (unpaired) electrons. The maximum Gasteiger partial charge on any atom is 0.220 e. The molecular formula is C14H25NO3. The Hall–Kier alpha value is -0.900. The molecule has 1 amide bonds. The summed E-state index contributed by atoms with van der Waals surface area (Å²) >= 11 is 0. The number of carbonyl (C=O) groups is 2. The molecule has 1 N–H and O–H groups in total. The molecule has 0 aliphatic carbocycles. The van der Waals surface area contributed by atoms with Crippen LogP contribution >= 0.6 is 0 Å². The van der Waals surface area contributed by atoms with Gasteiger partial charge in [0.2, 0.25) is 5.91 Å². The molecule has 0 bridgehead atoms. The lowest BCUT2D eigenvalue weighted by molar-refractivity contribution is -0.126. The van der Waals surface area contributed by atoms with Crippen molar-refractivity contribution < 1.29 is 14.3 Å². The molecule has 1 heterocycles. The number of ketones is 1. The summed E-state index contributed by atoms with van der Waals surface area (Å²) in [4.78, 5) is 23.4. The average Bonchev–Trinajstić information content (AvgIpc) is 2.68. The molecule has 1 rings (SSSR count). The molecule has 0 aromatic carbocycles. The van der Waals surface area contributed by atoms with Crippen LogP contribution < -0.4 is 5.32 Å². The zero-order valence-corrected chi connectivity index (χ0v) is 11.9. The van der Waals surface area contributed by atoms with E-state index in [1.807, 2.05) is 6.92 Å². The minimum absolute atomic E-state index is 0.00930. The van der Waals surface area contributed by atoms with Gasteiger partial charge in [0.05, 0.1) is 6.10 Å². The van der Waals surface area contributed by atoms with E-state index in [0.29, 0.717) is 6.42 Å². The van der Waals surface area contributed by atoms with Gasteiger partial charge in [0.25, 0.3) is 0 Å². The lowest BCUT2D eigenvalue weighted by atomic mass is 9.85. The molecule has 104 valence electrons. The highest BCUT2D eigenvalue weighted by molar-refractivity contribution is 5.91. The van der Waals surface area contributed by atoms with Gasteiger partial charge in [-0.05, 0) is 18.3 Å². The molecule has 2 unspecified atom stereocenters. The maximum atomic E-state index is 11.8. The van der Waals surface area contributed by atoms with Crippen molar-refractivity contribution >= 4 is 11.7 Å². The van der Waals surface area contributed by atoms with E-state index in [-0.39, 0.29) is 29.8 Å². The first-order valence-electron chi connectivity index (χ1n) is 6.83. The van der Waals surface area contributed by atoms with Crippen LogP contribution in [0.5, 0.6) is 0 Å². The molecule has 4 nitrogen and oxygen atoms in total. The van der Waals surface area contributed by atoms with Gasteiger partial charge in [-0.2, -0.15) is 0 Å². The van der Waals surface area contributed by atoms with Crippen molar-refractivity contribution in [1.29, 1.82) is 0 Å². The first-order valence-corrected chi connectivity index (χ1v) is 6.83. The summed E-state index contributed by atoms with van der Waals surface area (Å²) in [6, 6.07) is -0.438. The number of Topliss-reactive ketones (excluding diaryl/α,β-unsaturated/α-hetero) is 1. The van der Waals surface area contributed by atoms with Crippen molar-refractivity contribution in [2.75, 3.05) is 6.61 Å². The lowest BCUT2D eigenvalue weighted by Gasteiger charge is -2.23. The smallest absolute Gasteiger partial charge is 0.220 e. The van der Waals surface area contributed by atoms with Gasteiger partial charge in [-0.1, -0.05) is 34.1 Å². The van der Waals surface area contributed by atoms with Gasteiger partial charge in [0.1, 0.15) is 12.6 Å². The van der Waals surface area contributed by atoms with Crippen LogP contribution in [0, 0.1) is 5.41 Å². The van der Waals surface area contributed by atoms with E-state index in [1.165, 1.54) is 0 Å². The summed E-state index contributed by atoms with van der Waals surface area (Å²) in [5.74, 6) is -0.0521. The van der Waals surface area contributed by atoms with Crippen molar-refractivity contribution in [3.8, 4) is 0 Å². The fourth-order valence-corrected chi connectivity index (χ4v) is 1.98. The fraction of sp³-hybridized carbons (Fsp3) is 0.857. The molecule has 0 saturated carbocycles. The minimum Gasteiger partial charge on any atom is -0.368 e. The van der Waals surface area contributed by atoms with Crippen molar-refractivity contribution in [2.24, 2.45) is 5.41 Å². The normalized spacial score (nSPS) is 24.3. The van der Waals surface area contributed by atoms with E-state index in [4.69, 9.17) is 4.74 Å². The van der Waals surface area contributed by atoms with Gasteiger partial charge in [-0.25, -0.2) is 0 Å². The predicted octanol–water partition coefficient (Wildman–Crippen LogP) is 2.07. The second-order valence-electron chi connectivity index (χ2n) is 5.79. The molecule has 18 heavy (non-hydrogen) atoms. The number of carbonyl (C=O) groups excluding carboxylic acids is 2. The van der Waals surface area contributed by atoms with Crippen LogP contribution in [0.25, 0.3) is 0 Å². The fourth-order valence-electron chi connectivity index (χ4n) is 1.98. The SMILES string of the molecule is CCC1OCC(=O)C1NC(=O)CCC(C)(C)CC. The third kappa shape index (κ3) is 4.09. The van der Waals surface area contributed by atoms with E-state index in [2.05, 4.69) is 26.1 Å².